The van der Waals surface area contributed by atoms with Gasteiger partial charge >= 0.3 is 0 Å². The number of nitrogens with two attached hydrogens (primary N) is 1. The van der Waals surface area contributed by atoms with Gasteiger partial charge in [0, 0.05) is 5.70 Å². The first-order chi connectivity index (χ1) is 5.88. The van der Waals surface area contributed by atoms with E-state index in [1.54, 1.807) is 0 Å². The molecule has 0 bridgehead atoms. The fourth-order valence-corrected chi connectivity index (χ4v) is 1.08. The zero-order chi connectivity index (χ0) is 10.5. The van der Waals surface area contributed by atoms with Crippen molar-refractivity contribution < 1.29 is 0 Å². The maximum absolute atomic E-state index is 5.52. The Morgan fingerprint density at radius 1 is 1.23 bits per heavy atom. The lowest BCUT2D eigenvalue weighted by molar-refractivity contribution is 0.516. The highest BCUT2D eigenvalue weighted by molar-refractivity contribution is 5.27. The molecule has 0 fully saturated rings. The lowest BCUT2D eigenvalue weighted by atomic mass is 9.86. The van der Waals surface area contributed by atoms with Crippen LogP contribution >= 0.6 is 0 Å². The van der Waals surface area contributed by atoms with Crippen molar-refractivity contribution in [3.05, 3.63) is 35.6 Å². The van der Waals surface area contributed by atoms with Gasteiger partial charge in [-0.1, -0.05) is 39.0 Å². The summed E-state index contributed by atoms with van der Waals surface area (Å²) in [5.74, 6) is 0. The van der Waals surface area contributed by atoms with Crippen molar-refractivity contribution in [3.8, 4) is 0 Å². The molecule has 0 aromatic rings. The molecule has 0 aliphatic rings. The van der Waals surface area contributed by atoms with Crippen molar-refractivity contribution in [1.82, 2.24) is 0 Å². The molecule has 0 spiro atoms. The van der Waals surface area contributed by atoms with Crippen LogP contribution in [0.4, 0.5) is 0 Å². The second-order valence-electron chi connectivity index (χ2n) is 4.26. The summed E-state index contributed by atoms with van der Waals surface area (Å²) in [5, 5.41) is 0. The molecule has 0 rings (SSSR count). The van der Waals surface area contributed by atoms with E-state index in [1.807, 2.05) is 19.1 Å². The van der Waals surface area contributed by atoms with E-state index in [0.717, 1.165) is 5.70 Å². The van der Waals surface area contributed by atoms with Crippen LogP contribution < -0.4 is 5.73 Å². The Morgan fingerprint density at radius 2 is 1.77 bits per heavy atom. The molecule has 2 N–H and O–H groups in total. The van der Waals surface area contributed by atoms with Crippen molar-refractivity contribution in [3.63, 3.8) is 0 Å². The number of allylic oxidation sites excluding steroid dienone is 6. The Balaban J connectivity index is 4.51. The Labute approximate surface area is 82.0 Å². The maximum atomic E-state index is 5.52. The molecule has 0 aromatic heterocycles. The van der Waals surface area contributed by atoms with Crippen LogP contribution in [0.25, 0.3) is 0 Å². The summed E-state index contributed by atoms with van der Waals surface area (Å²) in [6, 6.07) is 0. The maximum Gasteiger partial charge on any atom is 0.00488 e. The third-order valence-electron chi connectivity index (χ3n) is 1.81. The minimum absolute atomic E-state index is 0.210. The molecule has 0 aliphatic carbocycles. The lowest BCUT2D eigenvalue weighted by Gasteiger charge is -2.19. The average molecular weight is 179 g/mol. The highest BCUT2D eigenvalue weighted by Gasteiger charge is 2.12. The number of hydrogen-bond donors (Lipinski definition) is 1. The van der Waals surface area contributed by atoms with Crippen molar-refractivity contribution in [2.24, 2.45) is 11.1 Å². The summed E-state index contributed by atoms with van der Waals surface area (Å²) in [7, 11) is 0. The van der Waals surface area contributed by atoms with Crippen LogP contribution in [0.5, 0.6) is 0 Å². The average Bonchev–Trinajstić information content (AvgIpc) is 1.95. The molecule has 0 heterocycles. The van der Waals surface area contributed by atoms with Gasteiger partial charge in [-0.2, -0.15) is 0 Å². The summed E-state index contributed by atoms with van der Waals surface area (Å²) >= 11 is 0. The topological polar surface area (TPSA) is 26.0 Å². The Kier molecular flexibility index (Phi) is 4.53. The van der Waals surface area contributed by atoms with E-state index in [0.29, 0.717) is 0 Å². The van der Waals surface area contributed by atoms with E-state index in [-0.39, 0.29) is 5.41 Å². The molecule has 0 radical (unpaired) electrons. The third kappa shape index (κ3) is 5.29. The predicted molar refractivity (Wildman–Crippen MR) is 60.3 cm³/mol. The fraction of sp³-hybridized carbons (Fsp3) is 0.500. The van der Waals surface area contributed by atoms with Crippen molar-refractivity contribution in [1.29, 1.82) is 0 Å². The van der Waals surface area contributed by atoms with Crippen LogP contribution in [0.1, 0.15) is 34.6 Å². The summed E-state index contributed by atoms with van der Waals surface area (Å²) in [6.45, 7) is 10.5. The Bertz CT molecular complexity index is 232. The molecule has 0 aliphatic heterocycles. The largest absolute Gasteiger partial charge is 0.402 e. The molecular formula is C12H21N. The summed E-state index contributed by atoms with van der Waals surface area (Å²) < 4.78 is 0. The van der Waals surface area contributed by atoms with Gasteiger partial charge in [-0.25, -0.2) is 0 Å². The fourth-order valence-electron chi connectivity index (χ4n) is 1.08. The first kappa shape index (κ1) is 12.0. The smallest absolute Gasteiger partial charge is 0.00488 e. The molecule has 0 saturated heterocycles. The SMILES string of the molecule is C\C=C(/C=C\C=C(\C)N)C(C)(C)C. The van der Waals surface area contributed by atoms with Gasteiger partial charge in [-0.05, 0) is 30.9 Å². The predicted octanol–water partition coefficient (Wildman–Crippen LogP) is 3.40. The zero-order valence-electron chi connectivity index (χ0n) is 9.39. The van der Waals surface area contributed by atoms with Gasteiger partial charge in [-0.15, -0.1) is 0 Å². The van der Waals surface area contributed by atoms with Gasteiger partial charge in [0.1, 0.15) is 0 Å². The van der Waals surface area contributed by atoms with Crippen LogP contribution in [0.3, 0.4) is 0 Å². The van der Waals surface area contributed by atoms with E-state index in [4.69, 9.17) is 5.73 Å². The van der Waals surface area contributed by atoms with Gasteiger partial charge in [0.2, 0.25) is 0 Å². The minimum Gasteiger partial charge on any atom is -0.402 e. The Hall–Kier alpha value is -0.980. The molecule has 0 amide bonds. The van der Waals surface area contributed by atoms with Crippen LogP contribution in [0.15, 0.2) is 35.6 Å². The van der Waals surface area contributed by atoms with Crippen LogP contribution in [0, 0.1) is 5.41 Å². The summed E-state index contributed by atoms with van der Waals surface area (Å²) in [4.78, 5) is 0. The van der Waals surface area contributed by atoms with Crippen molar-refractivity contribution in [2.45, 2.75) is 34.6 Å². The van der Waals surface area contributed by atoms with Gasteiger partial charge in [0.15, 0.2) is 0 Å². The second kappa shape index (κ2) is 4.90. The van der Waals surface area contributed by atoms with E-state index >= 15 is 0 Å². The van der Waals surface area contributed by atoms with E-state index in [1.165, 1.54) is 5.57 Å². The normalized spacial score (nSPS) is 15.5. The summed E-state index contributed by atoms with van der Waals surface area (Å²) in [6.07, 6.45) is 8.15. The van der Waals surface area contributed by atoms with Crippen molar-refractivity contribution in [2.75, 3.05) is 0 Å². The van der Waals surface area contributed by atoms with Crippen LogP contribution in [-0.2, 0) is 0 Å². The highest BCUT2D eigenvalue weighted by Crippen LogP contribution is 2.25. The lowest BCUT2D eigenvalue weighted by Crippen LogP contribution is -2.06. The molecule has 0 aromatic carbocycles. The standard InChI is InChI=1S/C12H21N/c1-6-11(12(3,4)5)9-7-8-10(2)13/h6-9H,13H2,1-5H3/b9-7-,10-8-,11-6+. The highest BCUT2D eigenvalue weighted by atomic mass is 14.5. The zero-order valence-corrected chi connectivity index (χ0v) is 9.39. The quantitative estimate of drug-likeness (QED) is 0.646. The van der Waals surface area contributed by atoms with Gasteiger partial charge in [-0.3, -0.25) is 0 Å². The van der Waals surface area contributed by atoms with Gasteiger partial charge in [0.05, 0.1) is 0 Å². The molecule has 0 atom stereocenters. The molecule has 0 unspecified atom stereocenters. The van der Waals surface area contributed by atoms with Gasteiger partial charge in [0.25, 0.3) is 0 Å². The Morgan fingerprint density at radius 3 is 2.08 bits per heavy atom. The number of hydrogen-bond acceptors (Lipinski definition) is 1. The minimum atomic E-state index is 0.210. The number of rotatable bonds is 2. The molecule has 0 saturated carbocycles. The first-order valence-electron chi connectivity index (χ1n) is 4.65. The van der Waals surface area contributed by atoms with E-state index in [2.05, 4.69) is 39.8 Å². The van der Waals surface area contributed by atoms with Crippen molar-refractivity contribution >= 4 is 0 Å². The van der Waals surface area contributed by atoms with Crippen LogP contribution in [-0.4, -0.2) is 0 Å². The van der Waals surface area contributed by atoms with E-state index in [9.17, 15) is 0 Å². The summed E-state index contributed by atoms with van der Waals surface area (Å²) in [5.41, 5.74) is 7.89. The first-order valence-corrected chi connectivity index (χ1v) is 4.65. The molecular weight excluding hydrogens is 158 g/mol. The molecule has 74 valence electrons. The molecule has 13 heavy (non-hydrogen) atoms. The molecule has 1 heteroatoms. The third-order valence-corrected chi connectivity index (χ3v) is 1.81. The van der Waals surface area contributed by atoms with Gasteiger partial charge < -0.3 is 5.73 Å². The van der Waals surface area contributed by atoms with Crippen LogP contribution in [0.2, 0.25) is 0 Å². The monoisotopic (exact) mass is 179 g/mol. The molecule has 1 nitrogen and oxygen atoms in total. The second-order valence-corrected chi connectivity index (χ2v) is 4.26. The van der Waals surface area contributed by atoms with E-state index < -0.39 is 0 Å².